The van der Waals surface area contributed by atoms with Crippen LogP contribution in [0.25, 0.3) is 0 Å². The Hall–Kier alpha value is -1.59. The number of likely N-dealkylation sites (N-methyl/N-ethyl adjacent to an activating group) is 1. The predicted octanol–water partition coefficient (Wildman–Crippen LogP) is 4.50. The minimum Gasteiger partial charge on any atom is -0.381 e. The Morgan fingerprint density at radius 1 is 1.42 bits per heavy atom. The summed E-state index contributed by atoms with van der Waals surface area (Å²) in [5, 5.41) is 3.35. The number of hydrogen-bond donors (Lipinski definition) is 1. The van der Waals surface area contributed by atoms with Crippen LogP contribution in [0.15, 0.2) is 47.1 Å². The number of nitrogens with one attached hydrogen (secondary N) is 1. The van der Waals surface area contributed by atoms with Crippen molar-refractivity contribution in [1.29, 1.82) is 0 Å². The summed E-state index contributed by atoms with van der Waals surface area (Å²) in [6.07, 6.45) is 3.79. The summed E-state index contributed by atoms with van der Waals surface area (Å²) in [6.45, 7) is 11.5. The Bertz CT molecular complexity index is 820. The van der Waals surface area contributed by atoms with Gasteiger partial charge in [-0.15, -0.1) is 0 Å². The van der Waals surface area contributed by atoms with Gasteiger partial charge in [-0.3, -0.25) is 4.90 Å². The van der Waals surface area contributed by atoms with Crippen LogP contribution in [0.1, 0.15) is 37.3 Å². The summed E-state index contributed by atoms with van der Waals surface area (Å²) in [6, 6.07) is 6.32. The monoisotopic (exact) mass is 416 g/mol. The minimum atomic E-state index is -0.616. The predicted molar refractivity (Wildman–Crippen MR) is 106 cm³/mol. The first kappa shape index (κ1) is 17.8. The molecule has 1 N–H and O–H groups in total. The van der Waals surface area contributed by atoms with Crippen LogP contribution in [0.2, 0.25) is 0 Å². The second-order valence-electron chi connectivity index (χ2n) is 7.64. The zero-order chi connectivity index (χ0) is 18.7. The molecule has 1 saturated heterocycles. The molecule has 1 aliphatic heterocycles. The first-order chi connectivity index (χ1) is 12.4. The van der Waals surface area contributed by atoms with E-state index in [-0.39, 0.29) is 17.6 Å². The molecule has 4 nitrogen and oxygen atoms in total. The highest BCUT2D eigenvalue weighted by molar-refractivity contribution is 9.10. The molecule has 2 spiro atoms. The van der Waals surface area contributed by atoms with E-state index in [0.29, 0.717) is 6.54 Å². The molecular weight excluding hydrogens is 392 g/mol. The standard InChI is InChI=1S/C21H25BrN2O2/c1-5-24-14(3)21(23-19(24)25)18-11-16(22)7-6-15(18)12-20(21)9-8-17(26-4)10-13(20)2/h6-7,11,17H,2-3,5,8-10,12H2,1,4H3,(H,23,25). The minimum absolute atomic E-state index is 0.0636. The molecule has 4 rings (SSSR count). The van der Waals surface area contributed by atoms with Gasteiger partial charge in [0.25, 0.3) is 0 Å². The van der Waals surface area contributed by atoms with E-state index in [1.807, 2.05) is 6.92 Å². The van der Waals surface area contributed by atoms with E-state index in [1.165, 1.54) is 5.56 Å². The van der Waals surface area contributed by atoms with Crippen LogP contribution >= 0.6 is 15.9 Å². The molecule has 2 fully saturated rings. The van der Waals surface area contributed by atoms with E-state index < -0.39 is 5.54 Å². The lowest BCUT2D eigenvalue weighted by Crippen LogP contribution is -2.54. The smallest absolute Gasteiger partial charge is 0.322 e. The first-order valence-electron chi connectivity index (χ1n) is 9.18. The van der Waals surface area contributed by atoms with Crippen LogP contribution < -0.4 is 5.32 Å². The maximum absolute atomic E-state index is 12.8. The average molecular weight is 417 g/mol. The number of carbonyl (C=O) groups is 1. The Morgan fingerprint density at radius 3 is 2.81 bits per heavy atom. The molecule has 138 valence electrons. The molecule has 3 aliphatic rings. The Kier molecular flexibility index (Phi) is 4.08. The van der Waals surface area contributed by atoms with Crippen LogP contribution in [0.4, 0.5) is 4.79 Å². The van der Waals surface area contributed by atoms with Crippen molar-refractivity contribution in [3.05, 3.63) is 58.2 Å². The molecule has 1 aromatic carbocycles. The quantitative estimate of drug-likeness (QED) is 0.720. The van der Waals surface area contributed by atoms with E-state index >= 15 is 0 Å². The van der Waals surface area contributed by atoms with Gasteiger partial charge in [-0.25, -0.2) is 4.79 Å². The highest BCUT2D eigenvalue weighted by Gasteiger charge is 2.66. The van der Waals surface area contributed by atoms with Crippen molar-refractivity contribution in [1.82, 2.24) is 10.2 Å². The molecule has 1 aromatic rings. The number of rotatable bonds is 2. The van der Waals surface area contributed by atoms with Crippen LogP contribution in [-0.2, 0) is 16.7 Å². The average Bonchev–Trinajstić information content (AvgIpc) is 3.04. The normalized spacial score (nSPS) is 33.3. The largest absolute Gasteiger partial charge is 0.381 e. The van der Waals surface area contributed by atoms with Gasteiger partial charge >= 0.3 is 6.03 Å². The van der Waals surface area contributed by atoms with Crippen molar-refractivity contribution in [2.24, 2.45) is 5.41 Å². The van der Waals surface area contributed by atoms with Crippen molar-refractivity contribution < 1.29 is 9.53 Å². The zero-order valence-electron chi connectivity index (χ0n) is 15.4. The second kappa shape index (κ2) is 5.96. The van der Waals surface area contributed by atoms with Crippen molar-refractivity contribution in [3.8, 4) is 0 Å². The van der Waals surface area contributed by atoms with E-state index in [2.05, 4.69) is 52.6 Å². The zero-order valence-corrected chi connectivity index (χ0v) is 17.0. The van der Waals surface area contributed by atoms with Crippen molar-refractivity contribution in [2.75, 3.05) is 13.7 Å². The lowest BCUT2D eigenvalue weighted by atomic mass is 9.58. The Balaban J connectivity index is 1.92. The summed E-state index contributed by atoms with van der Waals surface area (Å²) < 4.78 is 6.63. The van der Waals surface area contributed by atoms with Gasteiger partial charge in [0.05, 0.1) is 6.10 Å². The number of urea groups is 1. The van der Waals surface area contributed by atoms with Crippen LogP contribution in [0.3, 0.4) is 0 Å². The summed E-state index contributed by atoms with van der Waals surface area (Å²) >= 11 is 3.61. The number of hydrogen-bond acceptors (Lipinski definition) is 2. The lowest BCUT2D eigenvalue weighted by molar-refractivity contribution is 0.0382. The molecule has 0 bridgehead atoms. The third-order valence-electron chi connectivity index (χ3n) is 6.68. The number of nitrogens with zero attached hydrogens (tertiary/aromatic N) is 1. The van der Waals surface area contributed by atoms with Crippen molar-refractivity contribution in [3.63, 3.8) is 0 Å². The fourth-order valence-corrected chi connectivity index (χ4v) is 5.73. The molecule has 0 aromatic heterocycles. The summed E-state index contributed by atoms with van der Waals surface area (Å²) in [4.78, 5) is 14.6. The molecule has 2 amide bonds. The van der Waals surface area contributed by atoms with Gasteiger partial charge in [-0.05, 0) is 55.9 Å². The van der Waals surface area contributed by atoms with Gasteiger partial charge in [-0.1, -0.05) is 40.7 Å². The fraction of sp³-hybridized carbons (Fsp3) is 0.476. The molecule has 1 heterocycles. The molecule has 1 saturated carbocycles. The number of fused-ring (bicyclic) bond motifs is 3. The Morgan fingerprint density at radius 2 is 2.19 bits per heavy atom. The molecule has 0 radical (unpaired) electrons. The van der Waals surface area contributed by atoms with Crippen LogP contribution in [-0.4, -0.2) is 30.7 Å². The number of amides is 2. The number of benzene rings is 1. The second-order valence-corrected chi connectivity index (χ2v) is 8.55. The number of ether oxygens (including phenoxy) is 1. The van der Waals surface area contributed by atoms with E-state index in [1.54, 1.807) is 12.0 Å². The van der Waals surface area contributed by atoms with Crippen LogP contribution in [0, 0.1) is 5.41 Å². The summed E-state index contributed by atoms with van der Waals surface area (Å²) in [7, 11) is 1.77. The van der Waals surface area contributed by atoms with Gasteiger partial charge in [0, 0.05) is 29.2 Å². The van der Waals surface area contributed by atoms with Crippen molar-refractivity contribution in [2.45, 2.75) is 44.2 Å². The third kappa shape index (κ3) is 2.07. The number of halogens is 1. The van der Waals surface area contributed by atoms with Gasteiger partial charge < -0.3 is 10.1 Å². The van der Waals surface area contributed by atoms with E-state index in [9.17, 15) is 4.79 Å². The molecular formula is C21H25BrN2O2. The Labute approximate surface area is 163 Å². The maximum Gasteiger partial charge on any atom is 0.322 e. The van der Waals surface area contributed by atoms with Gasteiger partial charge in [0.2, 0.25) is 0 Å². The lowest BCUT2D eigenvalue weighted by Gasteiger charge is -2.49. The molecule has 3 unspecified atom stereocenters. The van der Waals surface area contributed by atoms with Crippen molar-refractivity contribution >= 4 is 22.0 Å². The number of methoxy groups -OCH3 is 1. The first-order valence-corrected chi connectivity index (χ1v) is 9.98. The molecule has 2 aliphatic carbocycles. The van der Waals surface area contributed by atoms with Gasteiger partial charge in [0.15, 0.2) is 0 Å². The fourth-order valence-electron chi connectivity index (χ4n) is 5.37. The highest BCUT2D eigenvalue weighted by atomic mass is 79.9. The van der Waals surface area contributed by atoms with Gasteiger partial charge in [0.1, 0.15) is 5.54 Å². The summed E-state index contributed by atoms with van der Waals surface area (Å²) in [5.74, 6) is 0. The maximum atomic E-state index is 12.8. The molecule has 26 heavy (non-hydrogen) atoms. The highest BCUT2D eigenvalue weighted by Crippen LogP contribution is 2.64. The third-order valence-corrected chi connectivity index (χ3v) is 7.17. The van der Waals surface area contributed by atoms with Gasteiger partial charge in [-0.2, -0.15) is 0 Å². The summed E-state index contributed by atoms with van der Waals surface area (Å²) in [5.41, 5.74) is 3.56. The SMILES string of the molecule is C=C1CC(OC)CCC12Cc1ccc(Br)cc1C21NC(=O)N(CC)C1=C. The topological polar surface area (TPSA) is 41.6 Å². The molecule has 5 heteroatoms. The number of carbonyl (C=O) groups excluding carboxylic acids is 1. The van der Waals surface area contributed by atoms with E-state index in [4.69, 9.17) is 4.74 Å². The molecule has 3 atom stereocenters. The van der Waals surface area contributed by atoms with Crippen LogP contribution in [0.5, 0.6) is 0 Å². The van der Waals surface area contributed by atoms with E-state index in [0.717, 1.165) is 47.0 Å².